The van der Waals surface area contributed by atoms with Crippen molar-refractivity contribution >= 4 is 11.1 Å². The molecule has 0 aromatic heterocycles. The lowest BCUT2D eigenvalue weighted by Gasteiger charge is -2.20. The van der Waals surface area contributed by atoms with E-state index >= 15 is 0 Å². The normalized spacial score (nSPS) is 10.7. The molecule has 0 saturated heterocycles. The molecule has 0 heterocycles. The summed E-state index contributed by atoms with van der Waals surface area (Å²) in [6.45, 7) is 4.37. The van der Waals surface area contributed by atoms with Crippen LogP contribution < -0.4 is 0 Å². The molecule has 0 atom stereocenters. The number of benzene rings is 3. The number of phenols is 2. The topological polar surface area (TPSA) is 40.5 Å². The van der Waals surface area contributed by atoms with Crippen LogP contribution in [0.3, 0.4) is 0 Å². The minimum Gasteiger partial charge on any atom is -0.508 e. The van der Waals surface area contributed by atoms with Crippen LogP contribution in [-0.2, 0) is 0 Å². The molecule has 3 rings (SSSR count). The van der Waals surface area contributed by atoms with Gasteiger partial charge in [0, 0.05) is 0 Å². The zero-order chi connectivity index (χ0) is 17.8. The lowest BCUT2D eigenvalue weighted by Crippen LogP contribution is -2.01. The molecule has 2 heteroatoms. The van der Waals surface area contributed by atoms with E-state index in [9.17, 15) is 10.2 Å². The fourth-order valence-corrected chi connectivity index (χ4v) is 3.12. The number of rotatable bonds is 4. The second-order valence-corrected chi connectivity index (χ2v) is 6.40. The molecule has 3 aromatic carbocycles. The van der Waals surface area contributed by atoms with Crippen molar-refractivity contribution in [1.82, 2.24) is 0 Å². The van der Waals surface area contributed by atoms with Crippen molar-refractivity contribution in [2.24, 2.45) is 5.92 Å². The van der Waals surface area contributed by atoms with Crippen molar-refractivity contribution in [3.8, 4) is 11.5 Å². The van der Waals surface area contributed by atoms with E-state index in [0.29, 0.717) is 5.92 Å². The van der Waals surface area contributed by atoms with Gasteiger partial charge in [0.15, 0.2) is 0 Å². The van der Waals surface area contributed by atoms with Gasteiger partial charge in [-0.1, -0.05) is 68.4 Å². The van der Waals surface area contributed by atoms with Gasteiger partial charge < -0.3 is 10.2 Å². The van der Waals surface area contributed by atoms with Crippen LogP contribution in [0.2, 0.25) is 0 Å². The largest absolute Gasteiger partial charge is 0.508 e. The number of phenolic OH excluding ortho intramolecular Hbond substituents is 2. The Hall–Kier alpha value is -3.00. The molecule has 25 heavy (non-hydrogen) atoms. The number of allylic oxidation sites excluding steroid dienone is 1. The first-order valence-corrected chi connectivity index (χ1v) is 8.44. The molecule has 2 N–H and O–H groups in total. The molecule has 0 aliphatic rings. The van der Waals surface area contributed by atoms with Crippen LogP contribution in [0.1, 0.15) is 30.5 Å². The Morgan fingerprint density at radius 1 is 0.600 bits per heavy atom. The maximum Gasteiger partial charge on any atom is 0.115 e. The fraction of sp³-hybridized carbons (Fsp3) is 0.130. The first-order chi connectivity index (χ1) is 12.1. The molecule has 126 valence electrons. The summed E-state index contributed by atoms with van der Waals surface area (Å²) in [5.41, 5.74) is 5.60. The minimum absolute atomic E-state index is 0.250. The van der Waals surface area contributed by atoms with E-state index in [1.807, 2.05) is 42.5 Å². The Kier molecular flexibility index (Phi) is 4.90. The van der Waals surface area contributed by atoms with Gasteiger partial charge in [-0.05, 0) is 58.0 Å². The van der Waals surface area contributed by atoms with Crippen molar-refractivity contribution in [3.63, 3.8) is 0 Å². The highest BCUT2D eigenvalue weighted by atomic mass is 16.3. The third-order valence-corrected chi connectivity index (χ3v) is 4.24. The van der Waals surface area contributed by atoms with Crippen molar-refractivity contribution in [2.45, 2.75) is 13.8 Å². The van der Waals surface area contributed by atoms with Crippen LogP contribution in [-0.4, -0.2) is 10.2 Å². The molecule has 0 unspecified atom stereocenters. The molecule has 0 radical (unpaired) electrons. The van der Waals surface area contributed by atoms with Crippen LogP contribution >= 0.6 is 0 Å². The Bertz CT molecular complexity index is 811. The molecule has 0 aliphatic carbocycles. The van der Waals surface area contributed by atoms with Crippen LogP contribution in [0.25, 0.3) is 11.1 Å². The van der Waals surface area contributed by atoms with Gasteiger partial charge >= 0.3 is 0 Å². The smallest absolute Gasteiger partial charge is 0.115 e. The van der Waals surface area contributed by atoms with Crippen LogP contribution in [0, 0.1) is 5.92 Å². The molecule has 0 aliphatic heterocycles. The zero-order valence-corrected chi connectivity index (χ0v) is 14.5. The monoisotopic (exact) mass is 330 g/mol. The average Bonchev–Trinajstić information content (AvgIpc) is 2.62. The Morgan fingerprint density at radius 2 is 1.04 bits per heavy atom. The van der Waals surface area contributed by atoms with Gasteiger partial charge in [0.05, 0.1) is 0 Å². The molecule has 0 fully saturated rings. The fourth-order valence-electron chi connectivity index (χ4n) is 3.12. The van der Waals surface area contributed by atoms with E-state index < -0.39 is 0 Å². The van der Waals surface area contributed by atoms with Crippen molar-refractivity contribution in [3.05, 3.63) is 95.6 Å². The Morgan fingerprint density at radius 3 is 1.44 bits per heavy atom. The molecule has 0 bridgehead atoms. The highest BCUT2D eigenvalue weighted by Gasteiger charge is 2.17. The molecular weight excluding hydrogens is 308 g/mol. The maximum atomic E-state index is 9.66. The molecule has 0 amide bonds. The third-order valence-electron chi connectivity index (χ3n) is 4.24. The standard InChI is InChI=1S/C23H22O2/c1-16(2)22(17-6-4-3-5-7-17)23(18-8-12-20(24)13-9-18)19-10-14-21(25)15-11-19/h3-16,24-25H,1-2H3. The van der Waals surface area contributed by atoms with Crippen molar-refractivity contribution in [2.75, 3.05) is 0 Å². The van der Waals surface area contributed by atoms with E-state index in [1.165, 1.54) is 11.1 Å². The van der Waals surface area contributed by atoms with Crippen molar-refractivity contribution in [1.29, 1.82) is 0 Å². The lowest BCUT2D eigenvalue weighted by molar-refractivity contribution is 0.475. The second kappa shape index (κ2) is 7.27. The summed E-state index contributed by atoms with van der Waals surface area (Å²) in [6, 6.07) is 24.9. The summed E-state index contributed by atoms with van der Waals surface area (Å²) in [6.07, 6.45) is 0. The van der Waals surface area contributed by atoms with Crippen molar-refractivity contribution < 1.29 is 10.2 Å². The zero-order valence-electron chi connectivity index (χ0n) is 14.5. The summed E-state index contributed by atoms with van der Waals surface area (Å²) >= 11 is 0. The highest BCUT2D eigenvalue weighted by molar-refractivity contribution is 5.99. The first kappa shape index (κ1) is 16.8. The van der Waals surface area contributed by atoms with Gasteiger partial charge in [0.1, 0.15) is 11.5 Å². The molecule has 0 spiro atoms. The number of hydrogen-bond donors (Lipinski definition) is 2. The summed E-state index contributed by atoms with van der Waals surface area (Å²) in [5.74, 6) is 0.805. The summed E-state index contributed by atoms with van der Waals surface area (Å²) in [5, 5.41) is 19.3. The van der Waals surface area contributed by atoms with Gasteiger partial charge in [-0.15, -0.1) is 0 Å². The summed E-state index contributed by atoms with van der Waals surface area (Å²) in [7, 11) is 0. The first-order valence-electron chi connectivity index (χ1n) is 8.44. The summed E-state index contributed by atoms with van der Waals surface area (Å²) in [4.78, 5) is 0. The van der Waals surface area contributed by atoms with Crippen LogP contribution in [0.4, 0.5) is 0 Å². The third kappa shape index (κ3) is 3.74. The summed E-state index contributed by atoms with van der Waals surface area (Å²) < 4.78 is 0. The minimum atomic E-state index is 0.250. The van der Waals surface area contributed by atoms with Gasteiger partial charge in [-0.3, -0.25) is 0 Å². The predicted molar refractivity (Wildman–Crippen MR) is 103 cm³/mol. The number of aromatic hydroxyl groups is 2. The van der Waals surface area contributed by atoms with E-state index in [-0.39, 0.29) is 11.5 Å². The molecule has 2 nitrogen and oxygen atoms in total. The van der Waals surface area contributed by atoms with Crippen LogP contribution in [0.15, 0.2) is 78.9 Å². The van der Waals surface area contributed by atoms with Gasteiger partial charge in [0.2, 0.25) is 0 Å². The van der Waals surface area contributed by atoms with E-state index in [1.54, 1.807) is 24.3 Å². The quantitative estimate of drug-likeness (QED) is 0.601. The van der Waals surface area contributed by atoms with E-state index in [0.717, 1.165) is 16.7 Å². The molecule has 3 aromatic rings. The van der Waals surface area contributed by atoms with E-state index in [2.05, 4.69) is 26.0 Å². The van der Waals surface area contributed by atoms with Gasteiger partial charge in [0.25, 0.3) is 0 Å². The molecule has 0 saturated carbocycles. The predicted octanol–water partition coefficient (Wildman–Crippen LogP) is 5.71. The SMILES string of the molecule is CC(C)C(=C(c1ccc(O)cc1)c1ccc(O)cc1)c1ccccc1. The average molecular weight is 330 g/mol. The van der Waals surface area contributed by atoms with Gasteiger partial charge in [-0.2, -0.15) is 0 Å². The van der Waals surface area contributed by atoms with E-state index in [4.69, 9.17) is 0 Å². The van der Waals surface area contributed by atoms with Crippen LogP contribution in [0.5, 0.6) is 11.5 Å². The lowest BCUT2D eigenvalue weighted by atomic mass is 9.84. The van der Waals surface area contributed by atoms with Gasteiger partial charge in [-0.25, -0.2) is 0 Å². The highest BCUT2D eigenvalue weighted by Crippen LogP contribution is 2.37. The maximum absolute atomic E-state index is 9.66. The Labute approximate surface area is 148 Å². The number of hydrogen-bond acceptors (Lipinski definition) is 2. The Balaban J connectivity index is 2.31. The second-order valence-electron chi connectivity index (χ2n) is 6.40. The molecular formula is C23H22O2.